The normalized spacial score (nSPS) is 26.4. The van der Waals surface area contributed by atoms with Crippen LogP contribution in [0.3, 0.4) is 0 Å². The molecular weight excluding hydrogens is 214 g/mol. The van der Waals surface area contributed by atoms with E-state index in [0.29, 0.717) is 23.9 Å². The lowest BCUT2D eigenvalue weighted by molar-refractivity contribution is 0.0704. The van der Waals surface area contributed by atoms with E-state index < -0.39 is 0 Å². The van der Waals surface area contributed by atoms with E-state index >= 15 is 0 Å². The average molecular weight is 235 g/mol. The monoisotopic (exact) mass is 235 g/mol. The molecule has 94 valence electrons. The van der Waals surface area contributed by atoms with E-state index in [-0.39, 0.29) is 0 Å². The summed E-state index contributed by atoms with van der Waals surface area (Å²) in [5, 5.41) is 9.30. The molecule has 0 aliphatic carbocycles. The Morgan fingerprint density at radius 2 is 2.00 bits per heavy atom. The summed E-state index contributed by atoms with van der Waals surface area (Å²) >= 11 is 0. The number of hydrogen-bond acceptors (Lipinski definition) is 3. The summed E-state index contributed by atoms with van der Waals surface area (Å²) in [5.41, 5.74) is 1.23. The van der Waals surface area contributed by atoms with E-state index in [1.165, 1.54) is 5.56 Å². The zero-order valence-corrected chi connectivity index (χ0v) is 10.8. The molecule has 0 spiro atoms. The number of hydrogen-bond donors (Lipinski definition) is 1. The summed E-state index contributed by atoms with van der Waals surface area (Å²) in [6.07, 6.45) is 1.40. The summed E-state index contributed by atoms with van der Waals surface area (Å²) in [4.78, 5) is 2.37. The number of nitrogens with zero attached hydrogens (tertiary/aromatic N) is 1. The smallest absolute Gasteiger partial charge is 0.115 e. The van der Waals surface area contributed by atoms with Crippen LogP contribution in [0.1, 0.15) is 31.9 Å². The van der Waals surface area contributed by atoms with Crippen LogP contribution in [0.4, 0.5) is 0 Å². The minimum Gasteiger partial charge on any atom is -0.508 e. The second-order valence-electron chi connectivity index (χ2n) is 4.86. The number of aromatic hydroxyl groups is 1. The predicted octanol–water partition coefficient (Wildman–Crippen LogP) is 2.56. The van der Waals surface area contributed by atoms with Crippen molar-refractivity contribution in [3.8, 4) is 5.75 Å². The summed E-state index contributed by atoms with van der Waals surface area (Å²) in [6, 6.07) is 8.28. The third-order valence-corrected chi connectivity index (χ3v) is 3.85. The fraction of sp³-hybridized carbons (Fsp3) is 0.571. The van der Waals surface area contributed by atoms with Crippen LogP contribution >= 0.6 is 0 Å². The van der Waals surface area contributed by atoms with Crippen LogP contribution in [0.25, 0.3) is 0 Å². The molecule has 0 amide bonds. The maximum absolute atomic E-state index is 9.30. The molecule has 2 rings (SSSR count). The molecule has 1 aromatic rings. The number of rotatable bonds is 3. The molecule has 1 aromatic carbocycles. The van der Waals surface area contributed by atoms with Crippen LogP contribution in [0.2, 0.25) is 0 Å². The molecule has 1 aliphatic rings. The lowest BCUT2D eigenvalue weighted by Crippen LogP contribution is -2.38. The van der Waals surface area contributed by atoms with Crippen molar-refractivity contribution in [2.75, 3.05) is 13.7 Å². The van der Waals surface area contributed by atoms with Gasteiger partial charge < -0.3 is 9.84 Å². The Kier molecular flexibility index (Phi) is 3.69. The number of ether oxygens (including phenoxy) is 1. The Hall–Kier alpha value is -1.06. The Labute approximate surface area is 103 Å². The molecular formula is C14H21NO2. The summed E-state index contributed by atoms with van der Waals surface area (Å²) < 4.78 is 5.61. The summed E-state index contributed by atoms with van der Waals surface area (Å²) in [5.74, 6) is 0.321. The Morgan fingerprint density at radius 3 is 2.53 bits per heavy atom. The Balaban J connectivity index is 2.08. The van der Waals surface area contributed by atoms with Crippen molar-refractivity contribution in [3.63, 3.8) is 0 Å². The molecule has 0 radical (unpaired) electrons. The molecule has 1 N–H and O–H groups in total. The molecule has 0 aromatic heterocycles. The van der Waals surface area contributed by atoms with E-state index in [1.807, 2.05) is 12.1 Å². The van der Waals surface area contributed by atoms with Crippen LogP contribution in [0, 0.1) is 0 Å². The third kappa shape index (κ3) is 2.61. The van der Waals surface area contributed by atoms with Gasteiger partial charge in [0.25, 0.3) is 0 Å². The van der Waals surface area contributed by atoms with Crippen molar-refractivity contribution < 1.29 is 9.84 Å². The van der Waals surface area contributed by atoms with Gasteiger partial charge >= 0.3 is 0 Å². The minimum absolute atomic E-state index is 0.305. The van der Waals surface area contributed by atoms with Gasteiger partial charge in [-0.2, -0.15) is 0 Å². The van der Waals surface area contributed by atoms with Gasteiger partial charge in [-0.3, -0.25) is 4.90 Å². The zero-order valence-electron chi connectivity index (χ0n) is 10.8. The van der Waals surface area contributed by atoms with Crippen LogP contribution in [0.15, 0.2) is 24.3 Å². The minimum atomic E-state index is 0.305. The van der Waals surface area contributed by atoms with Gasteiger partial charge in [0.2, 0.25) is 0 Å². The highest BCUT2D eigenvalue weighted by Crippen LogP contribution is 2.28. The van der Waals surface area contributed by atoms with Crippen molar-refractivity contribution >= 4 is 0 Å². The van der Waals surface area contributed by atoms with Crippen molar-refractivity contribution in [1.82, 2.24) is 4.90 Å². The highest BCUT2D eigenvalue weighted by Gasteiger charge is 2.30. The first-order valence-corrected chi connectivity index (χ1v) is 6.22. The number of likely N-dealkylation sites (N-methyl/N-ethyl adjacent to an activating group) is 1. The van der Waals surface area contributed by atoms with E-state index in [9.17, 15) is 5.11 Å². The maximum atomic E-state index is 9.30. The topological polar surface area (TPSA) is 32.7 Å². The van der Waals surface area contributed by atoms with Crippen LogP contribution < -0.4 is 0 Å². The SMILES string of the molecule is CC1OCCC1N(C)C(C)c1ccc(O)cc1. The van der Waals surface area contributed by atoms with E-state index in [2.05, 4.69) is 25.8 Å². The molecule has 3 atom stereocenters. The third-order valence-electron chi connectivity index (χ3n) is 3.85. The van der Waals surface area contributed by atoms with Gasteiger partial charge in [-0.05, 0) is 45.0 Å². The molecule has 3 heteroatoms. The van der Waals surface area contributed by atoms with Gasteiger partial charge in [0.05, 0.1) is 6.10 Å². The molecule has 1 heterocycles. The molecule has 3 nitrogen and oxygen atoms in total. The van der Waals surface area contributed by atoms with Crippen LogP contribution in [-0.4, -0.2) is 35.8 Å². The molecule has 1 fully saturated rings. The first-order chi connectivity index (χ1) is 8.09. The van der Waals surface area contributed by atoms with Gasteiger partial charge in [-0.1, -0.05) is 12.1 Å². The van der Waals surface area contributed by atoms with Crippen LogP contribution in [-0.2, 0) is 4.74 Å². The van der Waals surface area contributed by atoms with Gasteiger partial charge in [-0.25, -0.2) is 0 Å². The molecule has 1 aliphatic heterocycles. The second-order valence-corrected chi connectivity index (χ2v) is 4.86. The van der Waals surface area contributed by atoms with Gasteiger partial charge in [-0.15, -0.1) is 0 Å². The fourth-order valence-corrected chi connectivity index (χ4v) is 2.53. The zero-order chi connectivity index (χ0) is 12.4. The molecule has 1 saturated heterocycles. The molecule has 17 heavy (non-hydrogen) atoms. The molecule has 3 unspecified atom stereocenters. The summed E-state index contributed by atoms with van der Waals surface area (Å²) in [7, 11) is 2.15. The highest BCUT2D eigenvalue weighted by molar-refractivity contribution is 5.27. The molecule has 0 saturated carbocycles. The van der Waals surface area contributed by atoms with Crippen molar-refractivity contribution in [2.24, 2.45) is 0 Å². The largest absolute Gasteiger partial charge is 0.508 e. The lowest BCUT2D eigenvalue weighted by Gasteiger charge is -2.32. The van der Waals surface area contributed by atoms with Gasteiger partial charge in [0.1, 0.15) is 5.75 Å². The predicted molar refractivity (Wildman–Crippen MR) is 68.1 cm³/mol. The van der Waals surface area contributed by atoms with Crippen molar-refractivity contribution in [3.05, 3.63) is 29.8 Å². The fourth-order valence-electron chi connectivity index (χ4n) is 2.53. The van der Waals surface area contributed by atoms with Gasteiger partial charge in [0.15, 0.2) is 0 Å². The first kappa shape index (κ1) is 12.4. The number of phenols is 1. The number of benzene rings is 1. The van der Waals surface area contributed by atoms with E-state index in [0.717, 1.165) is 13.0 Å². The summed E-state index contributed by atoms with van der Waals surface area (Å²) in [6.45, 7) is 5.19. The Bertz CT molecular complexity index is 363. The maximum Gasteiger partial charge on any atom is 0.115 e. The standard InChI is InChI=1S/C14H21NO2/c1-10(12-4-6-13(16)7-5-12)15(3)14-8-9-17-11(14)2/h4-7,10-11,14,16H,8-9H2,1-3H3. The lowest BCUT2D eigenvalue weighted by atomic mass is 10.0. The van der Waals surface area contributed by atoms with E-state index in [1.54, 1.807) is 12.1 Å². The van der Waals surface area contributed by atoms with Crippen LogP contribution in [0.5, 0.6) is 5.75 Å². The van der Waals surface area contributed by atoms with Crippen molar-refractivity contribution in [1.29, 1.82) is 0 Å². The second kappa shape index (κ2) is 5.07. The quantitative estimate of drug-likeness (QED) is 0.874. The van der Waals surface area contributed by atoms with E-state index in [4.69, 9.17) is 4.74 Å². The van der Waals surface area contributed by atoms with Crippen molar-refractivity contribution in [2.45, 2.75) is 38.5 Å². The number of phenolic OH excluding ortho intramolecular Hbond substituents is 1. The van der Waals surface area contributed by atoms with Gasteiger partial charge in [0, 0.05) is 18.7 Å². The molecule has 0 bridgehead atoms. The highest BCUT2D eigenvalue weighted by atomic mass is 16.5. The Morgan fingerprint density at radius 1 is 1.35 bits per heavy atom. The first-order valence-electron chi connectivity index (χ1n) is 6.22. The average Bonchev–Trinajstić information content (AvgIpc) is 2.74.